The van der Waals surface area contributed by atoms with Crippen molar-refractivity contribution in [1.82, 2.24) is 4.90 Å². The maximum Gasteiger partial charge on any atom is 0.305 e. The molecule has 0 unspecified atom stereocenters. The van der Waals surface area contributed by atoms with E-state index in [1.54, 1.807) is 42.5 Å². The van der Waals surface area contributed by atoms with E-state index in [0.717, 1.165) is 11.8 Å². The monoisotopic (exact) mass is 415 g/mol. The molecule has 1 fully saturated rings. The van der Waals surface area contributed by atoms with E-state index in [9.17, 15) is 19.8 Å². The zero-order valence-corrected chi connectivity index (χ0v) is 16.5. The maximum atomic E-state index is 13.0. The van der Waals surface area contributed by atoms with Crippen molar-refractivity contribution in [3.05, 3.63) is 64.6 Å². The van der Waals surface area contributed by atoms with Crippen molar-refractivity contribution in [3.8, 4) is 11.5 Å². The first kappa shape index (κ1) is 19.9. The van der Waals surface area contributed by atoms with Crippen molar-refractivity contribution < 1.29 is 24.5 Å². The molecule has 2 aromatic rings. The van der Waals surface area contributed by atoms with Gasteiger partial charge in [0.1, 0.15) is 4.32 Å². The third-order valence-electron chi connectivity index (χ3n) is 4.19. The van der Waals surface area contributed by atoms with Crippen LogP contribution in [0, 0.1) is 0 Å². The molecule has 28 heavy (non-hydrogen) atoms. The summed E-state index contributed by atoms with van der Waals surface area (Å²) in [5.41, 5.74) is 1.36. The Kier molecular flexibility index (Phi) is 6.01. The Morgan fingerprint density at radius 1 is 1.29 bits per heavy atom. The first-order chi connectivity index (χ1) is 13.4. The number of carboxylic acid groups (broad SMARTS) is 1. The average molecular weight is 415 g/mol. The quantitative estimate of drug-likeness (QED) is 0.548. The minimum Gasteiger partial charge on any atom is -0.504 e. The van der Waals surface area contributed by atoms with Crippen LogP contribution in [0.25, 0.3) is 6.08 Å². The molecule has 1 atom stereocenters. The number of ether oxygens (including phenoxy) is 1. The third-order valence-corrected chi connectivity index (χ3v) is 5.52. The summed E-state index contributed by atoms with van der Waals surface area (Å²) in [5.74, 6) is -1.08. The molecule has 1 aliphatic heterocycles. The molecular formula is C20H17NO5S2. The van der Waals surface area contributed by atoms with Crippen LogP contribution < -0.4 is 4.74 Å². The second kappa shape index (κ2) is 8.45. The van der Waals surface area contributed by atoms with Gasteiger partial charge in [0.25, 0.3) is 5.91 Å². The van der Waals surface area contributed by atoms with Gasteiger partial charge in [-0.2, -0.15) is 0 Å². The number of amides is 1. The fourth-order valence-corrected chi connectivity index (χ4v) is 4.24. The lowest BCUT2D eigenvalue weighted by Crippen LogP contribution is -2.34. The van der Waals surface area contributed by atoms with Gasteiger partial charge in [0, 0.05) is 0 Å². The smallest absolute Gasteiger partial charge is 0.305 e. The van der Waals surface area contributed by atoms with E-state index < -0.39 is 12.0 Å². The number of aliphatic carboxylic acids is 1. The molecule has 0 saturated carbocycles. The molecule has 2 N–H and O–H groups in total. The zero-order chi connectivity index (χ0) is 20.3. The summed E-state index contributed by atoms with van der Waals surface area (Å²) >= 11 is 6.50. The van der Waals surface area contributed by atoms with Crippen molar-refractivity contribution in [2.24, 2.45) is 0 Å². The summed E-state index contributed by atoms with van der Waals surface area (Å²) in [6.45, 7) is 0. The molecule has 0 bridgehead atoms. The molecule has 0 spiro atoms. The van der Waals surface area contributed by atoms with Crippen molar-refractivity contribution in [3.63, 3.8) is 0 Å². The van der Waals surface area contributed by atoms with Crippen LogP contribution in [0.4, 0.5) is 0 Å². The molecule has 144 valence electrons. The number of benzene rings is 2. The molecule has 8 heteroatoms. The third kappa shape index (κ3) is 4.18. The largest absolute Gasteiger partial charge is 0.504 e. The van der Waals surface area contributed by atoms with Crippen LogP contribution in [0.5, 0.6) is 11.5 Å². The highest BCUT2D eigenvalue weighted by molar-refractivity contribution is 8.26. The molecule has 0 aromatic heterocycles. The van der Waals surface area contributed by atoms with E-state index in [4.69, 9.17) is 17.0 Å². The molecule has 3 rings (SSSR count). The fraction of sp³-hybridized carbons (Fsp3) is 0.150. The van der Waals surface area contributed by atoms with Gasteiger partial charge in [-0.15, -0.1) is 0 Å². The number of phenols is 1. The Labute approximate surface area is 171 Å². The fourth-order valence-electron chi connectivity index (χ4n) is 2.88. The second-order valence-corrected chi connectivity index (χ2v) is 7.68. The average Bonchev–Trinajstić information content (AvgIpc) is 2.95. The normalized spacial score (nSPS) is 16.5. The summed E-state index contributed by atoms with van der Waals surface area (Å²) in [5, 5.41) is 19.0. The lowest BCUT2D eigenvalue weighted by Gasteiger charge is -2.26. The number of thioether (sulfide) groups is 1. The number of phenolic OH excluding ortho intramolecular Hbond substituents is 1. The molecular weight excluding hydrogens is 398 g/mol. The van der Waals surface area contributed by atoms with Crippen molar-refractivity contribution in [2.45, 2.75) is 12.5 Å². The Morgan fingerprint density at radius 3 is 2.64 bits per heavy atom. The molecule has 0 aliphatic carbocycles. The van der Waals surface area contributed by atoms with Gasteiger partial charge in [0.2, 0.25) is 0 Å². The number of hydrogen-bond donors (Lipinski definition) is 2. The lowest BCUT2D eigenvalue weighted by molar-refractivity contribution is -0.138. The Bertz CT molecular complexity index is 958. The predicted molar refractivity (Wildman–Crippen MR) is 111 cm³/mol. The van der Waals surface area contributed by atoms with Crippen LogP contribution in [0.3, 0.4) is 0 Å². The Hall–Kier alpha value is -2.84. The highest BCUT2D eigenvalue weighted by atomic mass is 32.2. The summed E-state index contributed by atoms with van der Waals surface area (Å²) in [4.78, 5) is 26.1. The van der Waals surface area contributed by atoms with Gasteiger partial charge in [-0.25, -0.2) is 0 Å². The summed E-state index contributed by atoms with van der Waals surface area (Å²) in [6.07, 6.45) is 1.39. The van der Waals surface area contributed by atoms with Crippen LogP contribution >= 0.6 is 24.0 Å². The van der Waals surface area contributed by atoms with Gasteiger partial charge in [-0.1, -0.05) is 60.4 Å². The summed E-state index contributed by atoms with van der Waals surface area (Å²) in [6, 6.07) is 13.0. The molecule has 1 heterocycles. The van der Waals surface area contributed by atoms with Gasteiger partial charge < -0.3 is 14.9 Å². The van der Waals surface area contributed by atoms with Gasteiger partial charge in [-0.05, 0) is 29.3 Å². The number of nitrogens with zero attached hydrogens (tertiary/aromatic N) is 1. The van der Waals surface area contributed by atoms with Crippen LogP contribution in [0.1, 0.15) is 23.6 Å². The number of methoxy groups -OCH3 is 1. The second-order valence-electron chi connectivity index (χ2n) is 6.01. The van der Waals surface area contributed by atoms with Crippen LogP contribution in [-0.4, -0.2) is 38.4 Å². The highest BCUT2D eigenvalue weighted by Gasteiger charge is 2.38. The maximum absolute atomic E-state index is 13.0. The van der Waals surface area contributed by atoms with Crippen LogP contribution in [0.15, 0.2) is 53.4 Å². The SMILES string of the molecule is COc1cc(/C=C2\SC(=S)N([C@@H](CC(=O)O)c3ccccc3)C2=O)ccc1O. The molecule has 1 saturated heterocycles. The van der Waals surface area contributed by atoms with Crippen molar-refractivity contribution in [1.29, 1.82) is 0 Å². The minimum atomic E-state index is -1.02. The van der Waals surface area contributed by atoms with Crippen LogP contribution in [-0.2, 0) is 9.59 Å². The first-order valence-electron chi connectivity index (χ1n) is 8.31. The van der Waals surface area contributed by atoms with E-state index in [1.165, 1.54) is 18.1 Å². The Morgan fingerprint density at radius 2 is 2.00 bits per heavy atom. The minimum absolute atomic E-state index is 0.00204. The molecule has 0 radical (unpaired) electrons. The lowest BCUT2D eigenvalue weighted by atomic mass is 10.0. The summed E-state index contributed by atoms with van der Waals surface area (Å²) < 4.78 is 5.39. The molecule has 1 amide bonds. The Balaban J connectivity index is 1.94. The highest BCUT2D eigenvalue weighted by Crippen LogP contribution is 2.40. The number of carbonyl (C=O) groups excluding carboxylic acids is 1. The zero-order valence-electron chi connectivity index (χ0n) is 14.9. The number of carboxylic acids is 1. The van der Waals surface area contributed by atoms with E-state index in [0.29, 0.717) is 20.4 Å². The number of rotatable bonds is 6. The number of hydrogen-bond acceptors (Lipinski definition) is 6. The molecule has 2 aromatic carbocycles. The van der Waals surface area contributed by atoms with Gasteiger partial charge in [-0.3, -0.25) is 14.5 Å². The van der Waals surface area contributed by atoms with Gasteiger partial charge in [0.15, 0.2) is 11.5 Å². The standard InChI is InChI=1S/C20H17NO5S2/c1-26-16-9-12(7-8-15(16)22)10-17-19(25)21(20(27)28-17)14(11-18(23)24)13-5-3-2-4-6-13/h2-10,14,22H,11H2,1H3,(H,23,24)/b17-10-/t14-/m0/s1. The van der Waals surface area contributed by atoms with E-state index in [-0.39, 0.29) is 23.8 Å². The number of carbonyl (C=O) groups is 2. The number of thiocarbonyl (C=S) groups is 1. The predicted octanol–water partition coefficient (Wildman–Crippen LogP) is 3.82. The van der Waals surface area contributed by atoms with Crippen molar-refractivity contribution >= 4 is 46.3 Å². The molecule has 1 aliphatic rings. The summed E-state index contributed by atoms with van der Waals surface area (Å²) in [7, 11) is 1.44. The van der Waals surface area contributed by atoms with Gasteiger partial charge in [0.05, 0.1) is 24.5 Å². The van der Waals surface area contributed by atoms with E-state index in [1.807, 2.05) is 6.07 Å². The molecule has 6 nitrogen and oxygen atoms in total. The van der Waals surface area contributed by atoms with E-state index in [2.05, 4.69) is 0 Å². The van der Waals surface area contributed by atoms with Crippen LogP contribution in [0.2, 0.25) is 0 Å². The number of aromatic hydroxyl groups is 1. The van der Waals surface area contributed by atoms with Crippen molar-refractivity contribution in [2.75, 3.05) is 7.11 Å². The topological polar surface area (TPSA) is 87.1 Å². The van der Waals surface area contributed by atoms with Gasteiger partial charge >= 0.3 is 5.97 Å². The first-order valence-corrected chi connectivity index (χ1v) is 9.54. The van der Waals surface area contributed by atoms with E-state index >= 15 is 0 Å².